The molecule has 0 fully saturated rings. The third-order valence-electron chi connectivity index (χ3n) is 4.31. The smallest absolute Gasteiger partial charge is 0.264 e. The van der Waals surface area contributed by atoms with Gasteiger partial charge in [-0.15, -0.1) is 0 Å². The maximum Gasteiger partial charge on any atom is 0.264 e. The molecule has 2 aromatic carbocycles. The van der Waals surface area contributed by atoms with Gasteiger partial charge in [0, 0.05) is 33.6 Å². The molecule has 1 aliphatic rings. The Morgan fingerprint density at radius 2 is 1.88 bits per heavy atom. The molecule has 0 aliphatic carbocycles. The van der Waals surface area contributed by atoms with E-state index in [2.05, 4.69) is 4.98 Å². The number of halogens is 2. The van der Waals surface area contributed by atoms with Crippen LogP contribution in [0.4, 0.5) is 5.69 Å². The molecule has 25 heavy (non-hydrogen) atoms. The first-order valence-corrected chi connectivity index (χ1v) is 9.70. The van der Waals surface area contributed by atoms with E-state index in [-0.39, 0.29) is 17.0 Å². The number of rotatable bonds is 2. The number of aromatic amines is 1. The first-order chi connectivity index (χ1) is 11.9. The summed E-state index contributed by atoms with van der Waals surface area (Å²) in [6.45, 7) is 0.275. The van der Waals surface area contributed by atoms with Gasteiger partial charge in [-0.3, -0.25) is 9.10 Å². The van der Waals surface area contributed by atoms with E-state index in [4.69, 9.17) is 23.2 Å². The maximum atomic E-state index is 13.3. The molecular formula is C17H12Cl2N2O3S. The number of pyridine rings is 1. The van der Waals surface area contributed by atoms with Crippen molar-refractivity contribution in [2.24, 2.45) is 0 Å². The van der Waals surface area contributed by atoms with Gasteiger partial charge in [0.2, 0.25) is 0 Å². The molecule has 128 valence electrons. The van der Waals surface area contributed by atoms with E-state index in [9.17, 15) is 13.2 Å². The number of hydrogen-bond acceptors (Lipinski definition) is 3. The van der Waals surface area contributed by atoms with Gasteiger partial charge < -0.3 is 4.98 Å². The highest BCUT2D eigenvalue weighted by molar-refractivity contribution is 7.93. The van der Waals surface area contributed by atoms with Gasteiger partial charge in [0.25, 0.3) is 15.6 Å². The first-order valence-electron chi connectivity index (χ1n) is 7.50. The molecule has 0 saturated heterocycles. The second-order valence-corrected chi connectivity index (χ2v) is 8.41. The summed E-state index contributed by atoms with van der Waals surface area (Å²) >= 11 is 12.3. The fraction of sp³-hybridized carbons (Fsp3) is 0.118. The Hall–Kier alpha value is -2.02. The van der Waals surface area contributed by atoms with Crippen molar-refractivity contribution in [3.05, 3.63) is 68.6 Å². The number of aromatic nitrogens is 1. The Morgan fingerprint density at radius 3 is 2.68 bits per heavy atom. The summed E-state index contributed by atoms with van der Waals surface area (Å²) in [5.41, 5.74) is 0.912. The largest absolute Gasteiger partial charge is 0.329 e. The number of hydrogen-bond donors (Lipinski definition) is 1. The first kappa shape index (κ1) is 16.4. The van der Waals surface area contributed by atoms with Crippen molar-refractivity contribution in [3.8, 4) is 0 Å². The molecule has 0 atom stereocenters. The van der Waals surface area contributed by atoms with Crippen LogP contribution in [0.25, 0.3) is 10.8 Å². The third kappa shape index (κ3) is 2.52. The molecule has 0 bridgehead atoms. The number of sulfonamides is 1. The zero-order valence-electron chi connectivity index (χ0n) is 12.8. The Balaban J connectivity index is 1.95. The minimum absolute atomic E-state index is 0.0834. The van der Waals surface area contributed by atoms with Crippen molar-refractivity contribution in [2.45, 2.75) is 11.3 Å². The molecule has 8 heteroatoms. The van der Waals surface area contributed by atoms with Gasteiger partial charge in [0.05, 0.1) is 10.6 Å². The lowest BCUT2D eigenvalue weighted by Crippen LogP contribution is -2.29. The van der Waals surface area contributed by atoms with Gasteiger partial charge >= 0.3 is 0 Å². The molecule has 0 radical (unpaired) electrons. The molecule has 3 aromatic rings. The zero-order chi connectivity index (χ0) is 17.8. The van der Waals surface area contributed by atoms with E-state index >= 15 is 0 Å². The number of H-pyrrole nitrogens is 1. The van der Waals surface area contributed by atoms with E-state index in [1.165, 1.54) is 16.6 Å². The van der Waals surface area contributed by atoms with E-state index in [1.807, 2.05) is 0 Å². The monoisotopic (exact) mass is 394 g/mol. The lowest BCUT2D eigenvalue weighted by molar-refractivity contribution is 0.593. The molecule has 0 amide bonds. The Kier molecular flexibility index (Phi) is 3.79. The molecule has 5 nitrogen and oxygen atoms in total. The quantitative estimate of drug-likeness (QED) is 0.721. The average molecular weight is 395 g/mol. The summed E-state index contributed by atoms with van der Waals surface area (Å²) in [6.07, 6.45) is 1.95. The molecule has 1 aliphatic heterocycles. The van der Waals surface area contributed by atoms with Crippen LogP contribution >= 0.6 is 23.2 Å². The number of nitrogens with zero attached hydrogens (tertiary/aromatic N) is 1. The molecule has 0 unspecified atom stereocenters. The van der Waals surface area contributed by atoms with Crippen LogP contribution < -0.4 is 9.86 Å². The van der Waals surface area contributed by atoms with E-state index in [0.29, 0.717) is 32.9 Å². The summed E-state index contributed by atoms with van der Waals surface area (Å²) < 4.78 is 27.8. The van der Waals surface area contributed by atoms with Crippen LogP contribution in [0.5, 0.6) is 0 Å². The molecule has 1 N–H and O–H groups in total. The summed E-state index contributed by atoms with van der Waals surface area (Å²) in [4.78, 5) is 14.6. The van der Waals surface area contributed by atoms with Crippen LogP contribution in [0.2, 0.25) is 10.0 Å². The molecule has 1 aromatic heterocycles. The molecule has 4 rings (SSSR count). The predicted molar refractivity (Wildman–Crippen MR) is 99.3 cm³/mol. The molecule has 0 spiro atoms. The van der Waals surface area contributed by atoms with Crippen molar-refractivity contribution < 1.29 is 8.42 Å². The van der Waals surface area contributed by atoms with Crippen molar-refractivity contribution in [2.75, 3.05) is 10.8 Å². The fourth-order valence-corrected chi connectivity index (χ4v) is 5.45. The van der Waals surface area contributed by atoms with Gasteiger partial charge in [-0.1, -0.05) is 29.3 Å². The van der Waals surface area contributed by atoms with Crippen LogP contribution in [0, 0.1) is 0 Å². The van der Waals surface area contributed by atoms with Gasteiger partial charge in [-0.25, -0.2) is 8.42 Å². The summed E-state index contributed by atoms with van der Waals surface area (Å²) in [6, 6.07) is 9.46. The SMILES string of the molecule is O=c1[nH]ccc2c(S(=O)(=O)N3CCc4c(Cl)cc(Cl)cc43)cccc12. The number of benzene rings is 2. The second-order valence-electron chi connectivity index (χ2n) is 5.74. The standard InChI is InChI=1S/C17H12Cl2N2O3S/c18-10-8-14(19)13-5-7-21(15(13)9-10)25(23,24)16-3-1-2-12-11(16)4-6-20-17(12)22/h1-4,6,8-9H,5,7H2,(H,20,22). The number of fused-ring (bicyclic) bond motifs is 2. The van der Waals surface area contributed by atoms with Crippen molar-refractivity contribution in [1.82, 2.24) is 4.98 Å². The van der Waals surface area contributed by atoms with E-state index in [0.717, 1.165) is 5.56 Å². The fourth-order valence-electron chi connectivity index (χ4n) is 3.18. The summed E-state index contributed by atoms with van der Waals surface area (Å²) in [5, 5.41) is 1.54. The lowest BCUT2D eigenvalue weighted by Gasteiger charge is -2.21. The summed E-state index contributed by atoms with van der Waals surface area (Å²) in [7, 11) is -3.87. The van der Waals surface area contributed by atoms with Crippen molar-refractivity contribution in [3.63, 3.8) is 0 Å². The highest BCUT2D eigenvalue weighted by Crippen LogP contribution is 2.40. The van der Waals surface area contributed by atoms with Crippen LogP contribution in [-0.2, 0) is 16.4 Å². The Bertz CT molecular complexity index is 1170. The predicted octanol–water partition coefficient (Wildman–Crippen LogP) is 3.59. The van der Waals surface area contributed by atoms with Gasteiger partial charge in [0.15, 0.2) is 0 Å². The van der Waals surface area contributed by atoms with Crippen LogP contribution in [-0.4, -0.2) is 19.9 Å². The average Bonchev–Trinajstić information content (AvgIpc) is 2.99. The van der Waals surface area contributed by atoms with Gasteiger partial charge in [-0.2, -0.15) is 0 Å². The molecular weight excluding hydrogens is 383 g/mol. The van der Waals surface area contributed by atoms with Crippen LogP contribution in [0.1, 0.15) is 5.56 Å². The second kappa shape index (κ2) is 5.76. The minimum atomic E-state index is -3.87. The summed E-state index contributed by atoms with van der Waals surface area (Å²) in [5.74, 6) is 0. The molecule has 2 heterocycles. The minimum Gasteiger partial charge on any atom is -0.329 e. The van der Waals surface area contributed by atoms with Gasteiger partial charge in [-0.05, 0) is 42.3 Å². The van der Waals surface area contributed by atoms with Crippen molar-refractivity contribution >= 4 is 49.7 Å². The van der Waals surface area contributed by atoms with E-state index in [1.54, 1.807) is 30.3 Å². The topological polar surface area (TPSA) is 70.2 Å². The van der Waals surface area contributed by atoms with Crippen LogP contribution in [0.15, 0.2) is 52.3 Å². The van der Waals surface area contributed by atoms with Gasteiger partial charge in [0.1, 0.15) is 0 Å². The normalized spacial score (nSPS) is 14.1. The van der Waals surface area contributed by atoms with E-state index < -0.39 is 10.0 Å². The Morgan fingerprint density at radius 1 is 1.08 bits per heavy atom. The Labute approximate surface area is 153 Å². The molecule has 0 saturated carbocycles. The number of nitrogens with one attached hydrogen (secondary N) is 1. The van der Waals surface area contributed by atoms with Crippen LogP contribution in [0.3, 0.4) is 0 Å². The third-order valence-corrected chi connectivity index (χ3v) is 6.74. The highest BCUT2D eigenvalue weighted by atomic mass is 35.5. The lowest BCUT2D eigenvalue weighted by atomic mass is 10.2. The maximum absolute atomic E-state index is 13.3. The zero-order valence-corrected chi connectivity index (χ0v) is 15.1. The highest BCUT2D eigenvalue weighted by Gasteiger charge is 2.33. The number of anilines is 1. The van der Waals surface area contributed by atoms with Crippen molar-refractivity contribution in [1.29, 1.82) is 0 Å².